The number of nitrogens with one attached hydrogen (secondary N) is 2. The Morgan fingerprint density at radius 1 is 1.00 bits per heavy atom. The van der Waals surface area contributed by atoms with Gasteiger partial charge in [0.25, 0.3) is 0 Å². The summed E-state index contributed by atoms with van der Waals surface area (Å²) in [4.78, 5) is 27.4. The third-order valence-electron chi connectivity index (χ3n) is 6.10. The summed E-state index contributed by atoms with van der Waals surface area (Å²) < 4.78 is 5.27. The quantitative estimate of drug-likeness (QED) is 0.678. The van der Waals surface area contributed by atoms with Crippen molar-refractivity contribution < 1.29 is 14.3 Å². The van der Waals surface area contributed by atoms with Crippen molar-refractivity contribution in [3.63, 3.8) is 0 Å². The van der Waals surface area contributed by atoms with Gasteiger partial charge >= 0.3 is 0 Å². The van der Waals surface area contributed by atoms with Gasteiger partial charge in [0.15, 0.2) is 0 Å². The molecule has 1 fully saturated rings. The van der Waals surface area contributed by atoms with Crippen molar-refractivity contribution >= 4 is 17.5 Å². The third kappa shape index (κ3) is 6.33. The van der Waals surface area contributed by atoms with Crippen molar-refractivity contribution in [1.82, 2.24) is 10.2 Å². The molecule has 3 rings (SSSR count). The fraction of sp³-hybridized carbons (Fsp3) is 0.462. The molecule has 0 bridgehead atoms. The average molecular weight is 438 g/mol. The number of carbonyl (C=O) groups excluding carboxylic acids is 2. The van der Waals surface area contributed by atoms with Crippen LogP contribution in [0.5, 0.6) is 5.75 Å². The van der Waals surface area contributed by atoms with Crippen LogP contribution in [0.3, 0.4) is 0 Å². The van der Waals surface area contributed by atoms with Crippen LogP contribution in [0.15, 0.2) is 36.4 Å². The Bertz CT molecular complexity index is 917. The molecule has 6 heteroatoms. The van der Waals surface area contributed by atoms with Crippen molar-refractivity contribution in [2.24, 2.45) is 0 Å². The summed E-state index contributed by atoms with van der Waals surface area (Å²) in [6, 6.07) is 12.4. The van der Waals surface area contributed by atoms with Gasteiger partial charge in [-0.25, -0.2) is 0 Å². The zero-order chi connectivity index (χ0) is 23.1. The third-order valence-corrected chi connectivity index (χ3v) is 6.10. The molecule has 2 amide bonds. The molecule has 0 saturated carbocycles. The number of hydrogen-bond acceptors (Lipinski definition) is 4. The number of amides is 2. The van der Waals surface area contributed by atoms with E-state index >= 15 is 0 Å². The lowest BCUT2D eigenvalue weighted by molar-refractivity contribution is -0.125. The van der Waals surface area contributed by atoms with Gasteiger partial charge in [-0.3, -0.25) is 14.5 Å². The zero-order valence-corrected chi connectivity index (χ0v) is 19.7. The van der Waals surface area contributed by atoms with Gasteiger partial charge in [0.1, 0.15) is 5.75 Å². The molecule has 1 aliphatic heterocycles. The molecule has 6 nitrogen and oxygen atoms in total. The van der Waals surface area contributed by atoms with E-state index in [1.165, 1.54) is 12.0 Å². The summed E-state index contributed by atoms with van der Waals surface area (Å²) in [5.41, 5.74) is 5.23. The molecule has 0 spiro atoms. The van der Waals surface area contributed by atoms with Gasteiger partial charge in [-0.2, -0.15) is 0 Å². The van der Waals surface area contributed by atoms with E-state index < -0.39 is 0 Å². The van der Waals surface area contributed by atoms with Crippen LogP contribution in [0, 0.1) is 20.8 Å². The Morgan fingerprint density at radius 2 is 1.69 bits per heavy atom. The highest BCUT2D eigenvalue weighted by molar-refractivity contribution is 5.96. The van der Waals surface area contributed by atoms with E-state index in [2.05, 4.69) is 27.7 Å². The lowest BCUT2D eigenvalue weighted by Crippen LogP contribution is -2.41. The lowest BCUT2D eigenvalue weighted by atomic mass is 10.0. The number of rotatable bonds is 7. The minimum atomic E-state index is -0.212. The first-order valence-corrected chi connectivity index (χ1v) is 11.4. The number of benzene rings is 2. The number of ether oxygens (including phenoxy) is 1. The average Bonchev–Trinajstić information content (AvgIpc) is 3.00. The van der Waals surface area contributed by atoms with E-state index in [9.17, 15) is 9.59 Å². The maximum atomic E-state index is 12.7. The fourth-order valence-corrected chi connectivity index (χ4v) is 4.54. The van der Waals surface area contributed by atoms with Gasteiger partial charge in [0.05, 0.1) is 20.2 Å². The van der Waals surface area contributed by atoms with Gasteiger partial charge < -0.3 is 15.4 Å². The molecule has 1 atom stereocenters. The first kappa shape index (κ1) is 23.8. The van der Waals surface area contributed by atoms with Gasteiger partial charge in [0, 0.05) is 11.7 Å². The van der Waals surface area contributed by atoms with Gasteiger partial charge in [0.2, 0.25) is 11.8 Å². The molecule has 0 radical (unpaired) electrons. The van der Waals surface area contributed by atoms with Crippen LogP contribution >= 0.6 is 0 Å². The fourth-order valence-electron chi connectivity index (χ4n) is 4.54. The highest BCUT2D eigenvalue weighted by Gasteiger charge is 2.24. The monoisotopic (exact) mass is 437 g/mol. The van der Waals surface area contributed by atoms with Crippen molar-refractivity contribution in [2.45, 2.75) is 52.5 Å². The lowest BCUT2D eigenvalue weighted by Gasteiger charge is -2.29. The van der Waals surface area contributed by atoms with Crippen LogP contribution < -0.4 is 15.4 Å². The van der Waals surface area contributed by atoms with Gasteiger partial charge in [-0.05, 0) is 69.0 Å². The molecule has 2 aromatic rings. The minimum absolute atomic E-state index is 0.0351. The van der Waals surface area contributed by atoms with E-state index in [-0.39, 0.29) is 30.9 Å². The molecule has 1 unspecified atom stereocenters. The summed E-state index contributed by atoms with van der Waals surface area (Å²) in [6.07, 6.45) is 4.41. The topological polar surface area (TPSA) is 70.7 Å². The first-order chi connectivity index (χ1) is 15.4. The molecule has 172 valence electrons. The van der Waals surface area contributed by atoms with Crippen LogP contribution in [-0.2, 0) is 9.59 Å². The summed E-state index contributed by atoms with van der Waals surface area (Å²) >= 11 is 0. The zero-order valence-electron chi connectivity index (χ0n) is 19.7. The Balaban J connectivity index is 1.57. The largest absolute Gasteiger partial charge is 0.497 e. The van der Waals surface area contributed by atoms with E-state index in [1.807, 2.05) is 45.0 Å². The smallest absolute Gasteiger partial charge is 0.243 e. The second kappa shape index (κ2) is 11.1. The molecular formula is C26H35N3O3. The summed E-state index contributed by atoms with van der Waals surface area (Å²) in [7, 11) is 1.66. The number of likely N-dealkylation sites (tertiary alicyclic amines) is 1. The second-order valence-electron chi connectivity index (χ2n) is 8.71. The Morgan fingerprint density at radius 3 is 2.34 bits per heavy atom. The van der Waals surface area contributed by atoms with E-state index in [0.29, 0.717) is 0 Å². The number of anilines is 1. The van der Waals surface area contributed by atoms with Crippen molar-refractivity contribution in [3.05, 3.63) is 58.7 Å². The van der Waals surface area contributed by atoms with Crippen LogP contribution in [0.4, 0.5) is 5.69 Å². The maximum absolute atomic E-state index is 12.7. The molecule has 0 aliphatic carbocycles. The highest BCUT2D eigenvalue weighted by atomic mass is 16.5. The molecule has 2 aromatic carbocycles. The molecule has 1 aliphatic rings. The van der Waals surface area contributed by atoms with Crippen LogP contribution in [0.1, 0.15) is 54.0 Å². The van der Waals surface area contributed by atoms with Gasteiger partial charge in [-0.1, -0.05) is 42.7 Å². The summed E-state index contributed by atoms with van der Waals surface area (Å²) in [5.74, 6) is 0.491. The number of methoxy groups -OCH3 is 1. The van der Waals surface area contributed by atoms with Crippen molar-refractivity contribution in [3.8, 4) is 5.75 Å². The normalized spacial score (nSPS) is 16.8. The summed E-state index contributed by atoms with van der Waals surface area (Å²) in [6.45, 7) is 7.12. The predicted octanol–water partition coefficient (Wildman–Crippen LogP) is 4.29. The Labute approximate surface area is 191 Å². The number of carbonyl (C=O) groups is 2. The molecular weight excluding hydrogens is 402 g/mol. The van der Waals surface area contributed by atoms with E-state index in [0.717, 1.165) is 53.9 Å². The Kier molecular flexibility index (Phi) is 8.28. The number of aryl methyl sites for hydroxylation is 3. The van der Waals surface area contributed by atoms with E-state index in [1.54, 1.807) is 7.11 Å². The minimum Gasteiger partial charge on any atom is -0.497 e. The van der Waals surface area contributed by atoms with Crippen molar-refractivity contribution in [1.29, 1.82) is 0 Å². The van der Waals surface area contributed by atoms with Crippen molar-refractivity contribution in [2.75, 3.05) is 32.1 Å². The predicted molar refractivity (Wildman–Crippen MR) is 128 cm³/mol. The molecule has 32 heavy (non-hydrogen) atoms. The maximum Gasteiger partial charge on any atom is 0.243 e. The molecule has 0 aromatic heterocycles. The summed E-state index contributed by atoms with van der Waals surface area (Å²) in [5, 5.41) is 5.74. The Hall–Kier alpha value is -2.86. The van der Waals surface area contributed by atoms with Crippen LogP contribution in [0.25, 0.3) is 0 Å². The highest BCUT2D eigenvalue weighted by Crippen LogP contribution is 2.31. The van der Waals surface area contributed by atoms with Crippen LogP contribution in [-0.4, -0.2) is 43.5 Å². The van der Waals surface area contributed by atoms with Gasteiger partial charge in [-0.15, -0.1) is 0 Å². The standard InChI is InChI=1S/C26H35N3O3/c1-18-14-19(2)26(20(3)15-18)28-24(30)16-27-25(31)17-29-13-7-5-6-8-23(29)21-9-11-22(32-4)12-10-21/h9-12,14-15,23H,5-8,13,16-17H2,1-4H3,(H,27,31)(H,28,30). The number of nitrogens with zero attached hydrogens (tertiary/aromatic N) is 1. The van der Waals surface area contributed by atoms with E-state index in [4.69, 9.17) is 4.74 Å². The first-order valence-electron chi connectivity index (χ1n) is 11.4. The number of hydrogen-bond donors (Lipinski definition) is 2. The van der Waals surface area contributed by atoms with Crippen LogP contribution in [0.2, 0.25) is 0 Å². The second-order valence-corrected chi connectivity index (χ2v) is 8.71. The molecule has 2 N–H and O–H groups in total. The molecule has 1 heterocycles. The SMILES string of the molecule is COc1ccc(C2CCCCCN2CC(=O)NCC(=O)Nc2c(C)cc(C)cc2C)cc1. The molecule has 1 saturated heterocycles.